The fourth-order valence-electron chi connectivity index (χ4n) is 3.49. The summed E-state index contributed by atoms with van der Waals surface area (Å²) in [7, 11) is 0. The van der Waals surface area contributed by atoms with Gasteiger partial charge in [-0.25, -0.2) is 0 Å². The van der Waals surface area contributed by atoms with Crippen molar-refractivity contribution in [3.05, 3.63) is 11.7 Å². The molecule has 2 fully saturated rings. The summed E-state index contributed by atoms with van der Waals surface area (Å²) in [5.74, 6) is 0.925. The predicted molar refractivity (Wildman–Crippen MR) is 83.8 cm³/mol. The normalized spacial score (nSPS) is 27.5. The fourth-order valence-corrected chi connectivity index (χ4v) is 3.49. The molecule has 1 aromatic rings. The number of rotatable bonds is 5. The minimum atomic E-state index is -0.185. The average molecular weight is 336 g/mol. The maximum atomic E-state index is 12.1. The van der Waals surface area contributed by atoms with E-state index in [4.69, 9.17) is 9.26 Å². The van der Waals surface area contributed by atoms with Gasteiger partial charge < -0.3 is 14.2 Å². The molecular formula is C16H24N4O4. The van der Waals surface area contributed by atoms with Crippen LogP contribution >= 0.6 is 0 Å². The molecule has 1 aromatic heterocycles. The second-order valence-electron chi connectivity index (χ2n) is 6.54. The lowest BCUT2D eigenvalue weighted by atomic mass is 10.1. The summed E-state index contributed by atoms with van der Waals surface area (Å²) in [6, 6.07) is -0.134. The summed E-state index contributed by atoms with van der Waals surface area (Å²) in [6.45, 7) is 7.20. The summed E-state index contributed by atoms with van der Waals surface area (Å²) in [5.41, 5.74) is 0. The molecule has 0 aliphatic carbocycles. The molecule has 3 heterocycles. The van der Waals surface area contributed by atoms with E-state index in [2.05, 4.69) is 15.0 Å². The van der Waals surface area contributed by atoms with Crippen molar-refractivity contribution in [2.24, 2.45) is 0 Å². The Hall–Kier alpha value is -1.96. The van der Waals surface area contributed by atoms with Crippen LogP contribution in [0.3, 0.4) is 0 Å². The van der Waals surface area contributed by atoms with Crippen molar-refractivity contribution in [2.45, 2.75) is 64.8 Å². The van der Waals surface area contributed by atoms with Gasteiger partial charge >= 0.3 is 5.97 Å². The van der Waals surface area contributed by atoms with Gasteiger partial charge in [0.1, 0.15) is 12.1 Å². The Bertz CT molecular complexity index is 617. The van der Waals surface area contributed by atoms with E-state index in [1.807, 2.05) is 13.8 Å². The summed E-state index contributed by atoms with van der Waals surface area (Å²) >= 11 is 0. The highest BCUT2D eigenvalue weighted by atomic mass is 16.6. The van der Waals surface area contributed by atoms with E-state index in [1.165, 1.54) is 0 Å². The van der Waals surface area contributed by atoms with Gasteiger partial charge in [0.25, 0.3) is 0 Å². The molecule has 0 N–H and O–H groups in total. The minimum absolute atomic E-state index is 0.0212. The Balaban J connectivity index is 1.64. The van der Waals surface area contributed by atoms with Crippen molar-refractivity contribution in [2.75, 3.05) is 13.1 Å². The lowest BCUT2D eigenvalue weighted by Crippen LogP contribution is -2.43. The largest absolute Gasteiger partial charge is 0.461 e. The van der Waals surface area contributed by atoms with Gasteiger partial charge in [-0.3, -0.25) is 14.5 Å². The fraction of sp³-hybridized carbons (Fsp3) is 0.750. The number of carbonyl (C=O) groups excluding carboxylic acids is 2. The molecule has 132 valence electrons. The van der Waals surface area contributed by atoms with Crippen molar-refractivity contribution in [3.63, 3.8) is 0 Å². The highest BCUT2D eigenvalue weighted by Gasteiger charge is 2.41. The van der Waals surface area contributed by atoms with E-state index < -0.39 is 0 Å². The zero-order valence-corrected chi connectivity index (χ0v) is 14.4. The summed E-state index contributed by atoms with van der Waals surface area (Å²) in [5, 5.41) is 3.93. The summed E-state index contributed by atoms with van der Waals surface area (Å²) in [4.78, 5) is 32.2. The Labute approximate surface area is 141 Å². The first-order valence-corrected chi connectivity index (χ1v) is 8.51. The van der Waals surface area contributed by atoms with Crippen LogP contribution in [0.25, 0.3) is 0 Å². The standard InChI is InChI=1S/C16H24N4O4/c1-4-15-17-14(18-24-15)9-20(11(3)21)12-5-6-19(8-12)13-7-10(2)23-16(13)22/h10,12-13H,4-9H2,1-3H3/t10-,12-,13+/m1/s1. The monoisotopic (exact) mass is 336 g/mol. The molecule has 3 atom stereocenters. The van der Waals surface area contributed by atoms with Crippen LogP contribution in [0, 0.1) is 0 Å². The van der Waals surface area contributed by atoms with Crippen molar-refractivity contribution in [3.8, 4) is 0 Å². The molecule has 24 heavy (non-hydrogen) atoms. The molecule has 0 radical (unpaired) electrons. The van der Waals surface area contributed by atoms with E-state index >= 15 is 0 Å². The molecule has 0 bridgehead atoms. The molecule has 3 rings (SSSR count). The van der Waals surface area contributed by atoms with Gasteiger partial charge in [-0.05, 0) is 13.3 Å². The van der Waals surface area contributed by atoms with E-state index in [0.717, 1.165) is 19.4 Å². The Morgan fingerprint density at radius 1 is 1.46 bits per heavy atom. The molecule has 0 aromatic carbocycles. The van der Waals surface area contributed by atoms with Crippen molar-refractivity contribution < 1.29 is 18.8 Å². The number of ether oxygens (including phenoxy) is 1. The first-order valence-electron chi connectivity index (χ1n) is 8.51. The van der Waals surface area contributed by atoms with Crippen LogP contribution in [0.1, 0.15) is 45.3 Å². The maximum absolute atomic E-state index is 12.1. The Morgan fingerprint density at radius 3 is 2.83 bits per heavy atom. The third kappa shape index (κ3) is 3.43. The molecule has 8 nitrogen and oxygen atoms in total. The van der Waals surface area contributed by atoms with Crippen LogP contribution in [0.2, 0.25) is 0 Å². The van der Waals surface area contributed by atoms with Gasteiger partial charge in [0, 0.05) is 38.9 Å². The molecule has 2 aliphatic rings. The average Bonchev–Trinajstić information content (AvgIpc) is 3.24. The van der Waals surface area contributed by atoms with Crippen LogP contribution in [-0.2, 0) is 27.3 Å². The second kappa shape index (κ2) is 6.88. The number of cyclic esters (lactones) is 1. The van der Waals surface area contributed by atoms with Crippen LogP contribution in [0.5, 0.6) is 0 Å². The van der Waals surface area contributed by atoms with Gasteiger partial charge in [-0.1, -0.05) is 12.1 Å². The smallest absolute Gasteiger partial charge is 0.323 e. The van der Waals surface area contributed by atoms with Gasteiger partial charge in [0.15, 0.2) is 5.82 Å². The van der Waals surface area contributed by atoms with Crippen LogP contribution < -0.4 is 0 Å². The minimum Gasteiger partial charge on any atom is -0.461 e. The van der Waals surface area contributed by atoms with Crippen LogP contribution in [-0.4, -0.2) is 63.1 Å². The zero-order valence-electron chi connectivity index (χ0n) is 14.4. The number of aryl methyl sites for hydroxylation is 1. The molecule has 1 amide bonds. The number of likely N-dealkylation sites (tertiary alicyclic amines) is 1. The number of carbonyl (C=O) groups is 2. The number of nitrogens with zero attached hydrogens (tertiary/aromatic N) is 4. The van der Waals surface area contributed by atoms with Crippen molar-refractivity contribution >= 4 is 11.9 Å². The third-order valence-electron chi connectivity index (χ3n) is 4.75. The first kappa shape index (κ1) is 16.9. The van der Waals surface area contributed by atoms with Crippen molar-refractivity contribution in [1.82, 2.24) is 19.9 Å². The van der Waals surface area contributed by atoms with Gasteiger partial charge in [0.05, 0.1) is 6.54 Å². The number of hydrogen-bond donors (Lipinski definition) is 0. The molecular weight excluding hydrogens is 312 g/mol. The van der Waals surface area contributed by atoms with Crippen LogP contribution in [0.4, 0.5) is 0 Å². The Morgan fingerprint density at radius 2 is 2.25 bits per heavy atom. The van der Waals surface area contributed by atoms with Gasteiger partial charge in [-0.15, -0.1) is 0 Å². The maximum Gasteiger partial charge on any atom is 0.323 e. The first-order chi connectivity index (χ1) is 11.5. The third-order valence-corrected chi connectivity index (χ3v) is 4.75. The topological polar surface area (TPSA) is 88.8 Å². The number of amides is 1. The highest BCUT2D eigenvalue weighted by molar-refractivity contribution is 5.78. The molecule has 2 saturated heterocycles. The molecule has 0 unspecified atom stereocenters. The Kier molecular flexibility index (Phi) is 4.84. The lowest BCUT2D eigenvalue weighted by Gasteiger charge is -2.27. The van der Waals surface area contributed by atoms with Gasteiger partial charge in [0.2, 0.25) is 11.8 Å². The number of esters is 1. The highest BCUT2D eigenvalue weighted by Crippen LogP contribution is 2.26. The SMILES string of the molecule is CCc1nc(CN(C(C)=O)[C@@H]2CCN([C@H]3C[C@@H](C)OC3=O)C2)no1. The van der Waals surface area contributed by atoms with E-state index in [-0.39, 0.29) is 30.1 Å². The quantitative estimate of drug-likeness (QED) is 0.733. The van der Waals surface area contributed by atoms with E-state index in [0.29, 0.717) is 31.2 Å². The predicted octanol–water partition coefficient (Wildman–Crippen LogP) is 0.759. The van der Waals surface area contributed by atoms with E-state index in [9.17, 15) is 9.59 Å². The van der Waals surface area contributed by atoms with Crippen molar-refractivity contribution in [1.29, 1.82) is 0 Å². The summed E-state index contributed by atoms with van der Waals surface area (Å²) < 4.78 is 10.4. The molecule has 0 saturated carbocycles. The zero-order chi connectivity index (χ0) is 17.3. The van der Waals surface area contributed by atoms with E-state index in [1.54, 1.807) is 11.8 Å². The summed E-state index contributed by atoms with van der Waals surface area (Å²) in [6.07, 6.45) is 2.19. The van der Waals surface area contributed by atoms with Gasteiger partial charge in [-0.2, -0.15) is 4.98 Å². The number of aromatic nitrogens is 2. The molecule has 2 aliphatic heterocycles. The molecule has 8 heteroatoms. The lowest BCUT2D eigenvalue weighted by molar-refractivity contribution is -0.144. The van der Waals surface area contributed by atoms with Crippen LogP contribution in [0.15, 0.2) is 4.52 Å². The second-order valence-corrected chi connectivity index (χ2v) is 6.54. The number of hydrogen-bond acceptors (Lipinski definition) is 7. The molecule has 0 spiro atoms.